The second-order valence-corrected chi connectivity index (χ2v) is 3.94. The number of carbonyl (C=O) groups is 3. The molecule has 1 rings (SSSR count). The third kappa shape index (κ3) is 5.49. The van der Waals surface area contributed by atoms with Gasteiger partial charge in [0.05, 0.1) is 12.2 Å². The molecule has 0 spiro atoms. The number of carbonyl (C=O) groups excluding carboxylic acids is 3. The molecule has 0 aromatic heterocycles. The second kappa shape index (κ2) is 7.90. The van der Waals surface area contributed by atoms with Gasteiger partial charge in [0.1, 0.15) is 0 Å². The fourth-order valence-corrected chi connectivity index (χ4v) is 1.36. The zero-order valence-electron chi connectivity index (χ0n) is 11.3. The summed E-state index contributed by atoms with van der Waals surface area (Å²) in [5.74, 6) is -1.67. The fraction of sp³-hybridized carbons (Fsp3) is 0.308. The van der Waals surface area contributed by atoms with Crippen molar-refractivity contribution in [1.82, 2.24) is 10.9 Å². The van der Waals surface area contributed by atoms with Crippen molar-refractivity contribution < 1.29 is 23.9 Å². The fourth-order valence-electron chi connectivity index (χ4n) is 1.36. The lowest BCUT2D eigenvalue weighted by atomic mass is 10.1. The van der Waals surface area contributed by atoms with Gasteiger partial charge < -0.3 is 9.47 Å². The Balaban J connectivity index is 2.48. The number of hydrazine groups is 1. The molecule has 0 radical (unpaired) electrons. The Morgan fingerprint density at radius 1 is 1.20 bits per heavy atom. The normalized spacial score (nSPS) is 9.70. The molecular weight excluding hydrogens is 264 g/mol. The van der Waals surface area contributed by atoms with Gasteiger partial charge >= 0.3 is 5.97 Å². The Bertz CT molecular complexity index is 501. The lowest BCUT2D eigenvalue weighted by Crippen LogP contribution is -2.42. The van der Waals surface area contributed by atoms with E-state index in [4.69, 9.17) is 9.47 Å². The molecule has 0 bridgehead atoms. The van der Waals surface area contributed by atoms with Crippen molar-refractivity contribution >= 4 is 17.8 Å². The molecule has 20 heavy (non-hydrogen) atoms. The first-order valence-electron chi connectivity index (χ1n) is 5.83. The molecule has 0 heterocycles. The lowest BCUT2D eigenvalue weighted by molar-refractivity contribution is -0.129. The van der Waals surface area contributed by atoms with Gasteiger partial charge in [-0.15, -0.1) is 0 Å². The van der Waals surface area contributed by atoms with Crippen molar-refractivity contribution in [3.63, 3.8) is 0 Å². The average Bonchev–Trinajstić information content (AvgIpc) is 2.43. The number of hydrogen-bond donors (Lipinski definition) is 2. The summed E-state index contributed by atoms with van der Waals surface area (Å²) in [6.45, 7) is 1.14. The molecule has 2 amide bonds. The van der Waals surface area contributed by atoms with Gasteiger partial charge in [-0.25, -0.2) is 4.79 Å². The van der Waals surface area contributed by atoms with Crippen molar-refractivity contribution in [1.29, 1.82) is 0 Å². The topological polar surface area (TPSA) is 93.7 Å². The Labute approximate surface area is 116 Å². The first-order valence-corrected chi connectivity index (χ1v) is 5.83. The predicted molar refractivity (Wildman–Crippen MR) is 69.4 cm³/mol. The van der Waals surface area contributed by atoms with Crippen LogP contribution in [0.25, 0.3) is 0 Å². The van der Waals surface area contributed by atoms with Crippen LogP contribution in [0.15, 0.2) is 24.3 Å². The van der Waals surface area contributed by atoms with Gasteiger partial charge in [0.2, 0.25) is 5.91 Å². The van der Waals surface area contributed by atoms with Crippen molar-refractivity contribution in [2.24, 2.45) is 0 Å². The molecule has 0 saturated carbocycles. The Kier molecular flexibility index (Phi) is 6.18. The van der Waals surface area contributed by atoms with E-state index in [-0.39, 0.29) is 0 Å². The number of esters is 1. The van der Waals surface area contributed by atoms with Crippen LogP contribution in [0.2, 0.25) is 0 Å². The van der Waals surface area contributed by atoms with Gasteiger partial charge in [0.15, 0.2) is 6.61 Å². The van der Waals surface area contributed by atoms with E-state index in [0.29, 0.717) is 12.2 Å². The monoisotopic (exact) mass is 280 g/mol. The summed E-state index contributed by atoms with van der Waals surface area (Å²) < 4.78 is 9.77. The molecule has 0 aliphatic carbocycles. The number of hydrogen-bond acceptors (Lipinski definition) is 5. The first kappa shape index (κ1) is 15.6. The predicted octanol–water partition coefficient (Wildman–Crippen LogP) is 0.157. The number of methoxy groups -OCH3 is 1. The molecular formula is C13H16N2O5. The molecule has 1 aromatic rings. The van der Waals surface area contributed by atoms with E-state index in [9.17, 15) is 14.4 Å². The molecule has 0 saturated heterocycles. The highest BCUT2D eigenvalue weighted by atomic mass is 16.5. The summed E-state index contributed by atoms with van der Waals surface area (Å²) in [4.78, 5) is 33.5. The van der Waals surface area contributed by atoms with Gasteiger partial charge in [-0.1, -0.05) is 12.1 Å². The van der Waals surface area contributed by atoms with Crippen LogP contribution in [-0.4, -0.2) is 31.5 Å². The standard InChI is InChI=1S/C13H16N2O5/c1-9(16)14-15-12(17)8-20-13(18)11-5-3-4-10(6-11)7-19-2/h3-6H,7-8H2,1-2H3,(H,14,16)(H,15,17). The molecule has 1 aromatic carbocycles. The maximum absolute atomic E-state index is 11.7. The van der Waals surface area contributed by atoms with Crippen LogP contribution in [0.4, 0.5) is 0 Å². The van der Waals surface area contributed by atoms with E-state index >= 15 is 0 Å². The maximum atomic E-state index is 11.7. The van der Waals surface area contributed by atoms with E-state index in [2.05, 4.69) is 10.9 Å². The molecule has 2 N–H and O–H groups in total. The van der Waals surface area contributed by atoms with Crippen LogP contribution in [0.5, 0.6) is 0 Å². The molecule has 108 valence electrons. The first-order chi connectivity index (χ1) is 9.52. The number of nitrogens with one attached hydrogen (secondary N) is 2. The van der Waals surface area contributed by atoms with Crippen LogP contribution >= 0.6 is 0 Å². The Hall–Kier alpha value is -2.41. The Morgan fingerprint density at radius 3 is 2.60 bits per heavy atom. The third-order valence-corrected chi connectivity index (χ3v) is 2.19. The summed E-state index contributed by atoms with van der Waals surface area (Å²) in [6.07, 6.45) is 0. The quantitative estimate of drug-likeness (QED) is 0.592. The number of amides is 2. The smallest absolute Gasteiger partial charge is 0.338 e. The number of benzene rings is 1. The Morgan fingerprint density at radius 2 is 1.95 bits per heavy atom. The van der Waals surface area contributed by atoms with Crippen LogP contribution in [-0.2, 0) is 25.7 Å². The van der Waals surface area contributed by atoms with Gasteiger partial charge in [-0.2, -0.15) is 0 Å². The van der Waals surface area contributed by atoms with Crippen LogP contribution in [0.3, 0.4) is 0 Å². The van der Waals surface area contributed by atoms with Crippen LogP contribution in [0, 0.1) is 0 Å². The lowest BCUT2D eigenvalue weighted by Gasteiger charge is -2.07. The highest BCUT2D eigenvalue weighted by Crippen LogP contribution is 2.07. The zero-order chi connectivity index (χ0) is 15.0. The third-order valence-electron chi connectivity index (χ3n) is 2.19. The van der Waals surface area contributed by atoms with Crippen molar-refractivity contribution in [3.8, 4) is 0 Å². The maximum Gasteiger partial charge on any atom is 0.338 e. The summed E-state index contributed by atoms with van der Waals surface area (Å²) in [5.41, 5.74) is 5.32. The minimum Gasteiger partial charge on any atom is -0.452 e. The van der Waals surface area contributed by atoms with Gasteiger partial charge in [0.25, 0.3) is 5.91 Å². The van der Waals surface area contributed by atoms with E-state index in [1.165, 1.54) is 6.92 Å². The van der Waals surface area contributed by atoms with Crippen molar-refractivity contribution in [2.45, 2.75) is 13.5 Å². The number of rotatable bonds is 5. The summed E-state index contributed by atoms with van der Waals surface area (Å²) in [5, 5.41) is 0. The van der Waals surface area contributed by atoms with E-state index in [1.807, 2.05) is 6.07 Å². The van der Waals surface area contributed by atoms with Gasteiger partial charge in [-0.3, -0.25) is 20.4 Å². The molecule has 0 atom stereocenters. The SMILES string of the molecule is COCc1cccc(C(=O)OCC(=O)NNC(C)=O)c1. The minimum atomic E-state index is -0.624. The van der Waals surface area contributed by atoms with Crippen LogP contribution in [0.1, 0.15) is 22.8 Å². The van der Waals surface area contributed by atoms with Crippen molar-refractivity contribution in [3.05, 3.63) is 35.4 Å². The highest BCUT2D eigenvalue weighted by Gasteiger charge is 2.10. The summed E-state index contributed by atoms with van der Waals surface area (Å²) in [6, 6.07) is 6.71. The number of ether oxygens (including phenoxy) is 2. The molecule has 7 nitrogen and oxygen atoms in total. The second-order valence-electron chi connectivity index (χ2n) is 3.94. The van der Waals surface area contributed by atoms with Crippen molar-refractivity contribution in [2.75, 3.05) is 13.7 Å². The van der Waals surface area contributed by atoms with Gasteiger partial charge in [-0.05, 0) is 17.7 Å². The molecule has 0 unspecified atom stereocenters. The minimum absolute atomic E-state index is 0.326. The van der Waals surface area contributed by atoms with Gasteiger partial charge in [0, 0.05) is 14.0 Å². The van der Waals surface area contributed by atoms with E-state index < -0.39 is 24.4 Å². The average molecular weight is 280 g/mol. The van der Waals surface area contributed by atoms with E-state index in [1.54, 1.807) is 25.3 Å². The highest BCUT2D eigenvalue weighted by molar-refractivity contribution is 5.91. The van der Waals surface area contributed by atoms with E-state index in [0.717, 1.165) is 5.56 Å². The molecule has 0 aliphatic heterocycles. The van der Waals surface area contributed by atoms with Crippen LogP contribution < -0.4 is 10.9 Å². The largest absolute Gasteiger partial charge is 0.452 e. The molecule has 0 aliphatic rings. The summed E-state index contributed by atoms with van der Waals surface area (Å²) in [7, 11) is 1.55. The summed E-state index contributed by atoms with van der Waals surface area (Å²) >= 11 is 0. The molecule has 0 fully saturated rings. The zero-order valence-corrected chi connectivity index (χ0v) is 11.3. The molecule has 7 heteroatoms.